The van der Waals surface area contributed by atoms with Gasteiger partial charge in [-0.2, -0.15) is 4.98 Å². The summed E-state index contributed by atoms with van der Waals surface area (Å²) in [6, 6.07) is 0. The zero-order valence-corrected chi connectivity index (χ0v) is 14.8. The third-order valence-corrected chi connectivity index (χ3v) is 4.16. The second-order valence-electron chi connectivity index (χ2n) is 5.88. The Balaban J connectivity index is 2.20. The molecule has 1 aliphatic rings. The van der Waals surface area contributed by atoms with Gasteiger partial charge in [0.2, 0.25) is 5.89 Å². The normalized spacial score (nSPS) is 16.1. The minimum Gasteiger partial charge on any atom is -0.340 e. The van der Waals surface area contributed by atoms with E-state index in [-0.39, 0.29) is 5.91 Å². The average Bonchev–Trinajstić information content (AvgIpc) is 2.86. The maximum atomic E-state index is 12.6. The van der Waals surface area contributed by atoms with Crippen LogP contribution >= 0.6 is 15.9 Å². The Hall–Kier alpha value is -1.69. The predicted octanol–water partition coefficient (Wildman–Crippen LogP) is 3.67. The van der Waals surface area contributed by atoms with Crippen LogP contribution in [0.25, 0.3) is 0 Å². The van der Waals surface area contributed by atoms with Gasteiger partial charge in [-0.1, -0.05) is 38.8 Å². The lowest BCUT2D eigenvalue weighted by Crippen LogP contribution is -2.42. The molecule has 6 heteroatoms. The van der Waals surface area contributed by atoms with Gasteiger partial charge in [0, 0.05) is 12.5 Å². The van der Waals surface area contributed by atoms with E-state index < -0.39 is 5.54 Å². The molecule has 0 radical (unpaired) electrons. The Morgan fingerprint density at radius 1 is 1.36 bits per heavy atom. The molecule has 0 fully saturated rings. The van der Waals surface area contributed by atoms with Crippen LogP contribution < -0.4 is 5.32 Å². The molecule has 1 heterocycles. The van der Waals surface area contributed by atoms with Gasteiger partial charge in [0.15, 0.2) is 5.82 Å². The van der Waals surface area contributed by atoms with E-state index in [9.17, 15) is 4.79 Å². The Labute approximate surface area is 138 Å². The van der Waals surface area contributed by atoms with Crippen molar-refractivity contribution in [3.8, 4) is 0 Å². The Kier molecular flexibility index (Phi) is 5.01. The van der Waals surface area contributed by atoms with E-state index in [4.69, 9.17) is 4.52 Å². The number of amides is 1. The second kappa shape index (κ2) is 6.60. The fourth-order valence-corrected chi connectivity index (χ4v) is 2.50. The van der Waals surface area contributed by atoms with E-state index in [1.165, 1.54) is 0 Å². The number of nitrogens with zero attached hydrogens (tertiary/aromatic N) is 2. The van der Waals surface area contributed by atoms with Gasteiger partial charge in [-0.15, -0.1) is 0 Å². The molecule has 0 bridgehead atoms. The average molecular weight is 366 g/mol. The van der Waals surface area contributed by atoms with Crippen molar-refractivity contribution in [2.75, 3.05) is 0 Å². The molecule has 0 unspecified atom stereocenters. The van der Waals surface area contributed by atoms with E-state index >= 15 is 0 Å². The van der Waals surface area contributed by atoms with Crippen LogP contribution in [0.5, 0.6) is 0 Å². The first kappa shape index (κ1) is 16.7. The molecule has 118 valence electrons. The van der Waals surface area contributed by atoms with Crippen molar-refractivity contribution in [3.63, 3.8) is 0 Å². The lowest BCUT2D eigenvalue weighted by molar-refractivity contribution is -0.119. The molecule has 0 aromatic carbocycles. The summed E-state index contributed by atoms with van der Waals surface area (Å²) in [7, 11) is 0. The van der Waals surface area contributed by atoms with Gasteiger partial charge in [0.25, 0.3) is 5.91 Å². The summed E-state index contributed by atoms with van der Waals surface area (Å²) in [6.45, 7) is 7.42. The molecular weight excluding hydrogens is 346 g/mol. The van der Waals surface area contributed by atoms with Gasteiger partial charge >= 0.3 is 0 Å². The topological polar surface area (TPSA) is 68.0 Å². The molecule has 0 saturated carbocycles. The molecule has 0 saturated heterocycles. The third kappa shape index (κ3) is 3.94. The molecule has 1 N–H and O–H groups in total. The Morgan fingerprint density at radius 2 is 2.09 bits per heavy atom. The minimum absolute atomic E-state index is 0.132. The summed E-state index contributed by atoms with van der Waals surface area (Å²) < 4.78 is 6.13. The number of halogens is 1. The number of carbonyl (C=O) groups excluding carboxylic acids is 1. The van der Waals surface area contributed by atoms with Gasteiger partial charge in [-0.25, -0.2) is 0 Å². The number of rotatable bonds is 3. The Bertz CT molecular complexity index is 669. The van der Waals surface area contributed by atoms with Crippen LogP contribution in [0.4, 0.5) is 0 Å². The Morgan fingerprint density at radius 3 is 2.73 bits per heavy atom. The first-order valence-electron chi connectivity index (χ1n) is 7.15. The summed E-state index contributed by atoms with van der Waals surface area (Å²) in [6.07, 6.45) is 7.41. The molecule has 1 aromatic rings. The van der Waals surface area contributed by atoms with E-state index in [1.807, 2.05) is 39.0 Å². The first-order valence-corrected chi connectivity index (χ1v) is 7.94. The zero-order valence-electron chi connectivity index (χ0n) is 13.2. The van der Waals surface area contributed by atoms with Gasteiger partial charge < -0.3 is 9.84 Å². The van der Waals surface area contributed by atoms with Crippen LogP contribution in [0, 0.1) is 6.92 Å². The van der Waals surface area contributed by atoms with E-state index in [0.29, 0.717) is 17.3 Å². The highest BCUT2D eigenvalue weighted by Gasteiger charge is 2.29. The molecule has 1 aromatic heterocycles. The van der Waals surface area contributed by atoms with Crippen LogP contribution in [-0.4, -0.2) is 16.0 Å². The molecule has 5 nitrogen and oxygen atoms in total. The van der Waals surface area contributed by atoms with Crippen molar-refractivity contribution in [1.29, 1.82) is 0 Å². The smallest absolute Gasteiger partial charge is 0.252 e. The molecular formula is C16H20BrN3O2. The van der Waals surface area contributed by atoms with E-state index in [0.717, 1.165) is 22.9 Å². The lowest BCUT2D eigenvalue weighted by atomic mass is 9.99. The van der Waals surface area contributed by atoms with Crippen LogP contribution in [0.1, 0.15) is 45.3 Å². The highest BCUT2D eigenvalue weighted by atomic mass is 79.9. The number of allylic oxidation sites excluding steroid dienone is 4. The number of nitrogens with one attached hydrogen (secondary N) is 1. The van der Waals surface area contributed by atoms with Crippen LogP contribution in [0.2, 0.25) is 0 Å². The highest BCUT2D eigenvalue weighted by molar-refractivity contribution is 9.11. The molecule has 0 aliphatic heterocycles. The largest absolute Gasteiger partial charge is 0.340 e. The number of carbonyl (C=O) groups is 1. The number of aromatic nitrogens is 2. The lowest BCUT2D eigenvalue weighted by Gasteiger charge is -2.23. The van der Waals surface area contributed by atoms with E-state index in [1.54, 1.807) is 6.92 Å². The van der Waals surface area contributed by atoms with Crippen LogP contribution in [0.15, 0.2) is 38.4 Å². The molecule has 0 atom stereocenters. The van der Waals surface area contributed by atoms with Crippen molar-refractivity contribution in [2.24, 2.45) is 0 Å². The van der Waals surface area contributed by atoms with Gasteiger partial charge in [0.1, 0.15) is 0 Å². The molecule has 0 spiro atoms. The van der Waals surface area contributed by atoms with Crippen LogP contribution in [-0.2, 0) is 10.3 Å². The van der Waals surface area contributed by atoms with Crippen LogP contribution in [0.3, 0.4) is 0 Å². The van der Waals surface area contributed by atoms with Crippen molar-refractivity contribution in [1.82, 2.24) is 15.5 Å². The van der Waals surface area contributed by atoms with Gasteiger partial charge in [-0.3, -0.25) is 4.79 Å². The number of hydrogen-bond acceptors (Lipinski definition) is 4. The van der Waals surface area contributed by atoms with Gasteiger partial charge in [-0.05, 0) is 44.2 Å². The summed E-state index contributed by atoms with van der Waals surface area (Å²) in [4.78, 5) is 16.8. The molecule has 22 heavy (non-hydrogen) atoms. The van der Waals surface area contributed by atoms with Crippen molar-refractivity contribution in [3.05, 3.63) is 45.6 Å². The first-order chi connectivity index (χ1) is 10.3. The second-order valence-corrected chi connectivity index (χ2v) is 6.90. The zero-order chi connectivity index (χ0) is 16.3. The number of aryl methyl sites for hydroxylation is 1. The van der Waals surface area contributed by atoms with Gasteiger partial charge in [0.05, 0.1) is 5.54 Å². The molecule has 2 rings (SSSR count). The maximum Gasteiger partial charge on any atom is 0.252 e. The van der Waals surface area contributed by atoms with Crippen molar-refractivity contribution >= 4 is 21.8 Å². The van der Waals surface area contributed by atoms with Crippen molar-refractivity contribution < 1.29 is 9.32 Å². The molecule has 1 aliphatic carbocycles. The molecule has 1 amide bonds. The summed E-state index contributed by atoms with van der Waals surface area (Å²) in [5.74, 6) is 0.815. The maximum absolute atomic E-state index is 12.6. The SMILES string of the molecule is CC1=C(C(=O)NC(C)(C)c2noc(C)n2)C=CC=C(Br)CC1. The standard InChI is InChI=1S/C16H20BrN3O2/c1-10-8-9-12(17)6-5-7-13(10)14(21)19-16(3,4)15-18-11(2)22-20-15/h5-7H,8-9H2,1-4H3,(H,19,21). The quantitative estimate of drug-likeness (QED) is 0.886. The summed E-state index contributed by atoms with van der Waals surface area (Å²) >= 11 is 3.50. The van der Waals surface area contributed by atoms with E-state index in [2.05, 4.69) is 31.4 Å². The monoisotopic (exact) mass is 365 g/mol. The highest BCUT2D eigenvalue weighted by Crippen LogP contribution is 2.24. The fourth-order valence-electron chi connectivity index (χ4n) is 2.15. The summed E-state index contributed by atoms with van der Waals surface area (Å²) in [5.41, 5.74) is 1.04. The fraction of sp³-hybridized carbons (Fsp3) is 0.438. The minimum atomic E-state index is -0.700. The predicted molar refractivity (Wildman–Crippen MR) is 88.3 cm³/mol. The van der Waals surface area contributed by atoms with Crippen molar-refractivity contribution in [2.45, 2.75) is 46.1 Å². The third-order valence-electron chi connectivity index (χ3n) is 3.50. The summed E-state index contributed by atoms with van der Waals surface area (Å²) in [5, 5.41) is 6.88. The number of hydrogen-bond donors (Lipinski definition) is 1.